The number of para-hydroxylation sites is 1. The lowest BCUT2D eigenvalue weighted by Crippen LogP contribution is -2.11. The summed E-state index contributed by atoms with van der Waals surface area (Å²) >= 11 is 0. The Kier molecular flexibility index (Phi) is 4.42. The van der Waals surface area contributed by atoms with E-state index in [1.54, 1.807) is 18.3 Å². The molecule has 0 aliphatic carbocycles. The third kappa shape index (κ3) is 3.32. The van der Waals surface area contributed by atoms with E-state index in [1.807, 2.05) is 85.8 Å². The molecule has 0 radical (unpaired) electrons. The van der Waals surface area contributed by atoms with Crippen LogP contribution in [0.25, 0.3) is 23.1 Å². The fourth-order valence-electron chi connectivity index (χ4n) is 3.08. The molecule has 1 heterocycles. The van der Waals surface area contributed by atoms with Gasteiger partial charge in [-0.3, -0.25) is 0 Å². The standard InChI is InChI=1S/C23H19NO2S/c1-18-11-15-21(16-12-18)27(25,26)24-17-20(22-9-5-6-10-23(22)24)14-13-19-7-3-2-4-8-19/h2-17H,1H3/b14-13+. The molecule has 4 rings (SSSR count). The van der Waals surface area contributed by atoms with E-state index in [2.05, 4.69) is 0 Å². The summed E-state index contributed by atoms with van der Waals surface area (Å²) in [6, 6.07) is 24.4. The summed E-state index contributed by atoms with van der Waals surface area (Å²) in [5.41, 5.74) is 3.63. The summed E-state index contributed by atoms with van der Waals surface area (Å²) in [6.45, 7) is 1.94. The van der Waals surface area contributed by atoms with Gasteiger partial charge in [0.1, 0.15) is 0 Å². The molecular formula is C23H19NO2S. The Morgan fingerprint density at radius 3 is 2.19 bits per heavy atom. The van der Waals surface area contributed by atoms with E-state index >= 15 is 0 Å². The van der Waals surface area contributed by atoms with Crippen molar-refractivity contribution >= 4 is 33.1 Å². The number of hydrogen-bond acceptors (Lipinski definition) is 2. The number of rotatable bonds is 4. The van der Waals surface area contributed by atoms with E-state index in [9.17, 15) is 8.42 Å². The van der Waals surface area contributed by atoms with Crippen molar-refractivity contribution in [3.8, 4) is 0 Å². The molecule has 134 valence electrons. The van der Waals surface area contributed by atoms with E-state index in [4.69, 9.17) is 0 Å². The maximum Gasteiger partial charge on any atom is 0.268 e. The van der Waals surface area contributed by atoms with Crippen LogP contribution >= 0.6 is 0 Å². The van der Waals surface area contributed by atoms with Gasteiger partial charge in [0.05, 0.1) is 10.4 Å². The quantitative estimate of drug-likeness (QED) is 0.483. The van der Waals surface area contributed by atoms with Crippen molar-refractivity contribution in [2.75, 3.05) is 0 Å². The predicted octanol–water partition coefficient (Wildman–Crippen LogP) is 5.36. The molecule has 1 aromatic heterocycles. The summed E-state index contributed by atoms with van der Waals surface area (Å²) in [5.74, 6) is 0. The highest BCUT2D eigenvalue weighted by atomic mass is 32.2. The van der Waals surface area contributed by atoms with Gasteiger partial charge in [-0.05, 0) is 30.7 Å². The summed E-state index contributed by atoms with van der Waals surface area (Å²) in [5, 5.41) is 0.903. The van der Waals surface area contributed by atoms with Gasteiger partial charge in [0, 0.05) is 17.1 Å². The van der Waals surface area contributed by atoms with E-state index < -0.39 is 10.0 Å². The Hall–Kier alpha value is -3.11. The maximum absolute atomic E-state index is 13.2. The number of hydrogen-bond donors (Lipinski definition) is 0. The fourth-order valence-corrected chi connectivity index (χ4v) is 4.46. The van der Waals surface area contributed by atoms with Gasteiger partial charge in [-0.25, -0.2) is 12.4 Å². The van der Waals surface area contributed by atoms with Crippen molar-refractivity contribution < 1.29 is 8.42 Å². The van der Waals surface area contributed by atoms with Crippen molar-refractivity contribution in [3.63, 3.8) is 0 Å². The molecule has 0 aliphatic heterocycles. The Morgan fingerprint density at radius 2 is 1.44 bits per heavy atom. The molecule has 0 saturated carbocycles. The van der Waals surface area contributed by atoms with Gasteiger partial charge < -0.3 is 0 Å². The SMILES string of the molecule is Cc1ccc(S(=O)(=O)n2cc(/C=C/c3ccccc3)c3ccccc32)cc1. The van der Waals surface area contributed by atoms with E-state index in [0.29, 0.717) is 5.52 Å². The molecular weight excluding hydrogens is 354 g/mol. The third-order valence-electron chi connectivity index (χ3n) is 4.54. The molecule has 0 atom stereocenters. The lowest BCUT2D eigenvalue weighted by molar-refractivity contribution is 0.589. The van der Waals surface area contributed by atoms with Gasteiger partial charge in [-0.15, -0.1) is 0 Å². The average molecular weight is 373 g/mol. The fraction of sp³-hybridized carbons (Fsp3) is 0.0435. The largest absolute Gasteiger partial charge is 0.268 e. The predicted molar refractivity (Wildman–Crippen MR) is 111 cm³/mol. The van der Waals surface area contributed by atoms with Gasteiger partial charge >= 0.3 is 0 Å². The zero-order valence-electron chi connectivity index (χ0n) is 14.9. The van der Waals surface area contributed by atoms with Gasteiger partial charge in [-0.1, -0.05) is 78.4 Å². The van der Waals surface area contributed by atoms with Crippen LogP contribution in [-0.2, 0) is 10.0 Å². The summed E-state index contributed by atoms with van der Waals surface area (Å²) in [7, 11) is -3.66. The highest BCUT2D eigenvalue weighted by molar-refractivity contribution is 7.90. The highest BCUT2D eigenvalue weighted by Crippen LogP contribution is 2.27. The monoisotopic (exact) mass is 373 g/mol. The molecule has 4 heteroatoms. The second-order valence-electron chi connectivity index (χ2n) is 6.46. The lowest BCUT2D eigenvalue weighted by atomic mass is 10.1. The smallest absolute Gasteiger partial charge is 0.241 e. The molecule has 27 heavy (non-hydrogen) atoms. The Bertz CT molecular complexity index is 1220. The van der Waals surface area contributed by atoms with Crippen molar-refractivity contribution in [3.05, 3.63) is 102 Å². The van der Waals surface area contributed by atoms with E-state index in [0.717, 1.165) is 22.1 Å². The first-order valence-corrected chi connectivity index (χ1v) is 10.2. The van der Waals surface area contributed by atoms with Gasteiger partial charge in [-0.2, -0.15) is 0 Å². The van der Waals surface area contributed by atoms with Crippen LogP contribution in [0.3, 0.4) is 0 Å². The molecule has 4 aromatic rings. The first kappa shape index (κ1) is 17.3. The number of aryl methyl sites for hydroxylation is 1. The van der Waals surface area contributed by atoms with Crippen LogP contribution in [0, 0.1) is 6.92 Å². The lowest BCUT2D eigenvalue weighted by Gasteiger charge is -2.07. The average Bonchev–Trinajstić information content (AvgIpc) is 3.07. The number of benzene rings is 3. The Morgan fingerprint density at radius 1 is 0.778 bits per heavy atom. The van der Waals surface area contributed by atoms with Crippen molar-refractivity contribution in [1.29, 1.82) is 0 Å². The second kappa shape index (κ2) is 6.89. The van der Waals surface area contributed by atoms with Crippen LogP contribution in [0.5, 0.6) is 0 Å². The van der Waals surface area contributed by atoms with Crippen LogP contribution in [0.1, 0.15) is 16.7 Å². The molecule has 3 aromatic carbocycles. The van der Waals surface area contributed by atoms with Gasteiger partial charge in [0.25, 0.3) is 10.0 Å². The summed E-state index contributed by atoms with van der Waals surface area (Å²) < 4.78 is 27.7. The minimum Gasteiger partial charge on any atom is -0.241 e. The third-order valence-corrected chi connectivity index (χ3v) is 6.23. The zero-order chi connectivity index (χ0) is 18.9. The van der Waals surface area contributed by atoms with Crippen LogP contribution in [0.15, 0.2) is 90.0 Å². The molecule has 0 N–H and O–H groups in total. The zero-order valence-corrected chi connectivity index (χ0v) is 15.7. The van der Waals surface area contributed by atoms with Gasteiger partial charge in [0.2, 0.25) is 0 Å². The molecule has 0 spiro atoms. The number of aromatic nitrogens is 1. The molecule has 3 nitrogen and oxygen atoms in total. The topological polar surface area (TPSA) is 39.1 Å². The van der Waals surface area contributed by atoms with E-state index in [-0.39, 0.29) is 4.90 Å². The molecule has 0 saturated heterocycles. The molecule has 0 amide bonds. The summed E-state index contributed by atoms with van der Waals surface area (Å²) in [4.78, 5) is 0.285. The molecule has 0 aliphatic rings. The van der Waals surface area contributed by atoms with Crippen molar-refractivity contribution in [1.82, 2.24) is 3.97 Å². The van der Waals surface area contributed by atoms with Crippen LogP contribution < -0.4 is 0 Å². The normalized spacial score (nSPS) is 12.0. The highest BCUT2D eigenvalue weighted by Gasteiger charge is 2.20. The molecule has 0 unspecified atom stereocenters. The van der Waals surface area contributed by atoms with E-state index in [1.165, 1.54) is 3.97 Å². The Balaban J connectivity index is 1.85. The second-order valence-corrected chi connectivity index (χ2v) is 8.27. The minimum absolute atomic E-state index is 0.285. The number of nitrogens with zero attached hydrogens (tertiary/aromatic N) is 1. The van der Waals surface area contributed by atoms with Crippen molar-refractivity contribution in [2.45, 2.75) is 11.8 Å². The van der Waals surface area contributed by atoms with Crippen molar-refractivity contribution in [2.24, 2.45) is 0 Å². The Labute approximate surface area is 159 Å². The number of fused-ring (bicyclic) bond motifs is 1. The minimum atomic E-state index is -3.66. The first-order chi connectivity index (χ1) is 13.1. The van der Waals surface area contributed by atoms with Crippen LogP contribution in [0.2, 0.25) is 0 Å². The first-order valence-electron chi connectivity index (χ1n) is 8.71. The molecule has 0 bridgehead atoms. The van der Waals surface area contributed by atoms with Crippen LogP contribution in [-0.4, -0.2) is 12.4 Å². The van der Waals surface area contributed by atoms with Gasteiger partial charge in [0.15, 0.2) is 0 Å². The maximum atomic E-state index is 13.2. The summed E-state index contributed by atoms with van der Waals surface area (Å²) in [6.07, 6.45) is 5.64. The molecule has 0 fully saturated rings. The van der Waals surface area contributed by atoms with Crippen LogP contribution in [0.4, 0.5) is 0 Å².